The number of nitro groups is 1. The predicted octanol–water partition coefficient (Wildman–Crippen LogP) is 2.48. The van der Waals surface area contributed by atoms with Crippen LogP contribution in [-0.4, -0.2) is 25.4 Å². The number of nitro benzene ring substituents is 1. The Morgan fingerprint density at radius 2 is 2.10 bits per heavy atom. The quantitative estimate of drug-likeness (QED) is 0.364. The van der Waals surface area contributed by atoms with Gasteiger partial charge in [-0.2, -0.15) is 0 Å². The summed E-state index contributed by atoms with van der Waals surface area (Å²) in [5, 5.41) is 13.6. The lowest BCUT2D eigenvalue weighted by molar-refractivity contribution is -0.384. The molecule has 10 heteroatoms. The van der Waals surface area contributed by atoms with Crippen LogP contribution in [0.1, 0.15) is 18.7 Å². The second-order valence-electron chi connectivity index (χ2n) is 6.51. The third-order valence-corrected chi connectivity index (χ3v) is 4.54. The smallest absolute Gasteiger partial charge is 0.407 e. The molecule has 0 saturated heterocycles. The number of rotatable bonds is 7. The predicted molar refractivity (Wildman–Crippen MR) is 104 cm³/mol. The fraction of sp³-hybridized carbons (Fsp3) is 0.211. The molecule has 148 valence electrons. The van der Waals surface area contributed by atoms with Gasteiger partial charge in [-0.1, -0.05) is 12.1 Å². The van der Waals surface area contributed by atoms with E-state index in [1.54, 1.807) is 0 Å². The second-order valence-corrected chi connectivity index (χ2v) is 6.51. The number of carbonyl (C=O) groups excluding carboxylic acids is 1. The minimum Gasteiger partial charge on any atom is -0.407 e. The number of nitrogens with one attached hydrogen (secondary N) is 2. The Labute approximate surface area is 163 Å². The maximum atomic E-state index is 12.1. The monoisotopic (exact) mass is 395 g/mol. The van der Waals surface area contributed by atoms with Crippen LogP contribution in [0.3, 0.4) is 0 Å². The van der Waals surface area contributed by atoms with Crippen molar-refractivity contribution in [2.45, 2.75) is 25.9 Å². The number of hydrogen-bond acceptors (Lipinski definition) is 6. The van der Waals surface area contributed by atoms with Crippen LogP contribution in [0.4, 0.5) is 5.69 Å². The van der Waals surface area contributed by atoms with Crippen LogP contribution in [-0.2, 0) is 17.9 Å². The lowest BCUT2D eigenvalue weighted by atomic mass is 10.2. The third-order valence-electron chi connectivity index (χ3n) is 4.54. The highest BCUT2D eigenvalue weighted by Crippen LogP contribution is 2.20. The molecule has 0 radical (unpaired) electrons. The van der Waals surface area contributed by atoms with Crippen molar-refractivity contribution in [3.05, 3.63) is 69.0 Å². The molecule has 0 bridgehead atoms. The van der Waals surface area contributed by atoms with E-state index >= 15 is 0 Å². The van der Waals surface area contributed by atoms with Gasteiger partial charge in [-0.3, -0.25) is 19.5 Å². The van der Waals surface area contributed by atoms with Crippen LogP contribution >= 0.6 is 0 Å². The number of aromatic amines is 1. The van der Waals surface area contributed by atoms with E-state index in [1.807, 2.05) is 24.3 Å². The molecule has 4 rings (SSSR count). The first kappa shape index (κ1) is 18.4. The van der Waals surface area contributed by atoms with Gasteiger partial charge in [0.05, 0.1) is 34.1 Å². The molecule has 10 nitrogen and oxygen atoms in total. The summed E-state index contributed by atoms with van der Waals surface area (Å²) in [5.74, 6) is -0.108. The van der Waals surface area contributed by atoms with E-state index in [0.29, 0.717) is 17.8 Å². The van der Waals surface area contributed by atoms with Gasteiger partial charge in [-0.25, -0.2) is 9.78 Å². The minimum atomic E-state index is -0.608. The SMILES string of the molecule is O=C(CCCn1c(=O)oc2cc([N+](=O)[O-])ccc21)NCc1nc2ccccc2[nH]1. The summed E-state index contributed by atoms with van der Waals surface area (Å²) in [6.07, 6.45) is 0.629. The highest BCUT2D eigenvalue weighted by atomic mass is 16.6. The van der Waals surface area contributed by atoms with Crippen LogP contribution in [0, 0.1) is 10.1 Å². The normalized spacial score (nSPS) is 11.2. The van der Waals surface area contributed by atoms with Crippen molar-refractivity contribution < 1.29 is 14.1 Å². The Kier molecular flexibility index (Phi) is 4.82. The molecule has 0 aliphatic heterocycles. The topological polar surface area (TPSA) is 136 Å². The first-order valence-corrected chi connectivity index (χ1v) is 8.99. The average Bonchev–Trinajstić information content (AvgIpc) is 3.26. The standard InChI is InChI=1S/C19H17N5O5/c25-18(20-11-17-21-13-4-1-2-5-14(13)22-17)6-3-9-23-15-8-7-12(24(27)28)10-16(15)29-19(23)26/h1-2,4-5,7-8,10H,3,6,9,11H2,(H,20,25)(H,21,22). The maximum absolute atomic E-state index is 12.1. The largest absolute Gasteiger partial charge is 0.419 e. The minimum absolute atomic E-state index is 0.150. The number of benzene rings is 2. The highest BCUT2D eigenvalue weighted by molar-refractivity contribution is 5.77. The molecular weight excluding hydrogens is 378 g/mol. The number of amides is 1. The fourth-order valence-electron chi connectivity index (χ4n) is 3.14. The number of hydrogen-bond donors (Lipinski definition) is 2. The Hall–Kier alpha value is -3.95. The molecule has 2 heterocycles. The van der Waals surface area contributed by atoms with Crippen molar-refractivity contribution in [2.75, 3.05) is 0 Å². The average molecular weight is 395 g/mol. The maximum Gasteiger partial charge on any atom is 0.419 e. The van der Waals surface area contributed by atoms with E-state index in [4.69, 9.17) is 4.42 Å². The Balaban J connectivity index is 1.33. The van der Waals surface area contributed by atoms with Crippen molar-refractivity contribution >= 4 is 33.7 Å². The number of carbonyl (C=O) groups is 1. The molecule has 2 aromatic carbocycles. The van der Waals surface area contributed by atoms with E-state index in [2.05, 4.69) is 15.3 Å². The van der Waals surface area contributed by atoms with Crippen LogP contribution in [0.15, 0.2) is 51.7 Å². The molecule has 2 N–H and O–H groups in total. The first-order valence-electron chi connectivity index (χ1n) is 8.99. The molecule has 0 saturated carbocycles. The number of imidazole rings is 1. The molecule has 1 amide bonds. The van der Waals surface area contributed by atoms with Crippen molar-refractivity contribution in [1.82, 2.24) is 19.9 Å². The lowest BCUT2D eigenvalue weighted by Gasteiger charge is -2.04. The van der Waals surface area contributed by atoms with E-state index in [9.17, 15) is 19.7 Å². The summed E-state index contributed by atoms with van der Waals surface area (Å²) in [5.41, 5.74) is 2.21. The number of aromatic nitrogens is 3. The summed E-state index contributed by atoms with van der Waals surface area (Å²) in [6, 6.07) is 11.6. The van der Waals surface area contributed by atoms with Crippen molar-refractivity contribution in [2.24, 2.45) is 0 Å². The zero-order valence-corrected chi connectivity index (χ0v) is 15.3. The van der Waals surface area contributed by atoms with Gasteiger partial charge in [0, 0.05) is 19.0 Å². The molecule has 0 fully saturated rings. The molecule has 0 atom stereocenters. The summed E-state index contributed by atoms with van der Waals surface area (Å²) < 4.78 is 6.44. The molecule has 0 aliphatic rings. The van der Waals surface area contributed by atoms with Crippen LogP contribution in [0.2, 0.25) is 0 Å². The zero-order chi connectivity index (χ0) is 20.4. The van der Waals surface area contributed by atoms with Crippen molar-refractivity contribution in [1.29, 1.82) is 0 Å². The Morgan fingerprint density at radius 3 is 2.90 bits per heavy atom. The summed E-state index contributed by atoms with van der Waals surface area (Å²) in [7, 11) is 0. The van der Waals surface area contributed by atoms with Gasteiger partial charge in [0.25, 0.3) is 5.69 Å². The third kappa shape index (κ3) is 3.86. The Morgan fingerprint density at radius 1 is 1.28 bits per heavy atom. The molecule has 0 unspecified atom stereocenters. The summed E-state index contributed by atoms with van der Waals surface area (Å²) in [4.78, 5) is 41.9. The number of nitrogens with zero attached hydrogens (tertiary/aromatic N) is 3. The molecule has 29 heavy (non-hydrogen) atoms. The number of fused-ring (bicyclic) bond motifs is 2. The lowest BCUT2D eigenvalue weighted by Crippen LogP contribution is -2.24. The van der Waals surface area contributed by atoms with Crippen LogP contribution in [0.5, 0.6) is 0 Å². The highest BCUT2D eigenvalue weighted by Gasteiger charge is 2.14. The van der Waals surface area contributed by atoms with Crippen molar-refractivity contribution in [3.8, 4) is 0 Å². The molecule has 4 aromatic rings. The van der Waals surface area contributed by atoms with Gasteiger partial charge in [0.2, 0.25) is 5.91 Å². The number of aryl methyl sites for hydroxylation is 1. The second kappa shape index (κ2) is 7.58. The molecule has 2 aromatic heterocycles. The van der Waals surface area contributed by atoms with Crippen LogP contribution in [0.25, 0.3) is 22.1 Å². The fourth-order valence-corrected chi connectivity index (χ4v) is 3.14. The van der Waals surface area contributed by atoms with Gasteiger partial charge >= 0.3 is 5.76 Å². The summed E-state index contributed by atoms with van der Waals surface area (Å²) in [6.45, 7) is 0.549. The number of non-ortho nitro benzene ring substituents is 1. The molecule has 0 spiro atoms. The van der Waals surface area contributed by atoms with E-state index in [-0.39, 0.29) is 36.7 Å². The summed E-state index contributed by atoms with van der Waals surface area (Å²) >= 11 is 0. The molecular formula is C19H17N5O5. The van der Waals surface area contributed by atoms with E-state index in [1.165, 1.54) is 22.8 Å². The van der Waals surface area contributed by atoms with Crippen LogP contribution < -0.4 is 11.1 Å². The van der Waals surface area contributed by atoms with Gasteiger partial charge in [-0.15, -0.1) is 0 Å². The number of H-pyrrole nitrogens is 1. The van der Waals surface area contributed by atoms with E-state index in [0.717, 1.165) is 11.0 Å². The van der Waals surface area contributed by atoms with Gasteiger partial charge in [-0.05, 0) is 24.6 Å². The molecule has 0 aliphatic carbocycles. The van der Waals surface area contributed by atoms with Gasteiger partial charge < -0.3 is 14.7 Å². The zero-order valence-electron chi connectivity index (χ0n) is 15.3. The van der Waals surface area contributed by atoms with E-state index < -0.39 is 10.7 Å². The Bertz CT molecular complexity index is 1240. The van der Waals surface area contributed by atoms with Gasteiger partial charge in [0.15, 0.2) is 5.58 Å². The van der Waals surface area contributed by atoms with Crippen molar-refractivity contribution in [3.63, 3.8) is 0 Å². The first-order chi connectivity index (χ1) is 14.0. The number of oxazole rings is 1. The van der Waals surface area contributed by atoms with Gasteiger partial charge in [0.1, 0.15) is 5.82 Å². The number of para-hydroxylation sites is 2.